The van der Waals surface area contributed by atoms with Crippen LogP contribution in [0.15, 0.2) is 6.07 Å². The summed E-state index contributed by atoms with van der Waals surface area (Å²) in [6, 6.07) is 1.83. The molecule has 6 heteroatoms. The first kappa shape index (κ1) is 12.1. The normalized spacial score (nSPS) is 18.1. The number of aryl methyl sites for hydroxylation is 1. The first-order chi connectivity index (χ1) is 8.11. The molecule has 1 aromatic rings. The van der Waals surface area contributed by atoms with Gasteiger partial charge in [-0.2, -0.15) is 4.98 Å². The summed E-state index contributed by atoms with van der Waals surface area (Å²) in [5.74, 6) is 6.35. The Morgan fingerprint density at radius 1 is 1.41 bits per heavy atom. The fourth-order valence-electron chi connectivity index (χ4n) is 2.19. The van der Waals surface area contributed by atoms with Crippen molar-refractivity contribution in [2.75, 3.05) is 17.3 Å². The van der Waals surface area contributed by atoms with Crippen LogP contribution in [0, 0.1) is 6.92 Å². The van der Waals surface area contributed by atoms with Crippen molar-refractivity contribution in [3.05, 3.63) is 11.8 Å². The zero-order chi connectivity index (χ0) is 12.3. The second kappa shape index (κ2) is 4.85. The van der Waals surface area contributed by atoms with Crippen LogP contribution in [0.5, 0.6) is 0 Å². The number of nitrogens with zero attached hydrogens (tertiary/aromatic N) is 2. The standard InChI is InChI=1S/C11H19N5O/c1-8-6-9(15-10(14-8)16-12)13-7-11(17)4-2-3-5-11/h6,17H,2-5,7,12H2,1H3,(H2,13,14,15,16). The topological polar surface area (TPSA) is 96.1 Å². The Kier molecular flexibility index (Phi) is 3.44. The molecular weight excluding hydrogens is 218 g/mol. The number of aliphatic hydroxyl groups is 1. The highest BCUT2D eigenvalue weighted by molar-refractivity contribution is 5.41. The molecule has 1 heterocycles. The van der Waals surface area contributed by atoms with Gasteiger partial charge in [-0.05, 0) is 19.8 Å². The molecule has 0 radical (unpaired) electrons. The van der Waals surface area contributed by atoms with Crippen LogP contribution in [0.3, 0.4) is 0 Å². The van der Waals surface area contributed by atoms with Crippen molar-refractivity contribution < 1.29 is 5.11 Å². The lowest BCUT2D eigenvalue weighted by Gasteiger charge is -2.22. The molecule has 1 fully saturated rings. The molecular formula is C11H19N5O. The summed E-state index contributed by atoms with van der Waals surface area (Å²) >= 11 is 0. The van der Waals surface area contributed by atoms with Crippen molar-refractivity contribution in [3.63, 3.8) is 0 Å². The minimum atomic E-state index is -0.588. The summed E-state index contributed by atoms with van der Waals surface area (Å²) in [7, 11) is 0. The van der Waals surface area contributed by atoms with Crippen molar-refractivity contribution in [2.24, 2.45) is 5.84 Å². The smallest absolute Gasteiger partial charge is 0.239 e. The number of rotatable bonds is 4. The van der Waals surface area contributed by atoms with Crippen LogP contribution in [0.25, 0.3) is 0 Å². The molecule has 0 bridgehead atoms. The van der Waals surface area contributed by atoms with E-state index in [0.717, 1.165) is 31.4 Å². The van der Waals surface area contributed by atoms with Gasteiger partial charge in [0.15, 0.2) is 0 Å². The van der Waals surface area contributed by atoms with Crippen LogP contribution in [-0.4, -0.2) is 27.2 Å². The minimum Gasteiger partial charge on any atom is -0.388 e. The second-order valence-electron chi connectivity index (χ2n) is 4.65. The number of nitrogens with one attached hydrogen (secondary N) is 2. The van der Waals surface area contributed by atoms with Crippen molar-refractivity contribution >= 4 is 11.8 Å². The first-order valence-electron chi connectivity index (χ1n) is 5.90. The third kappa shape index (κ3) is 3.04. The van der Waals surface area contributed by atoms with E-state index < -0.39 is 5.60 Å². The highest BCUT2D eigenvalue weighted by Crippen LogP contribution is 2.29. The van der Waals surface area contributed by atoms with Gasteiger partial charge in [-0.1, -0.05) is 12.8 Å². The summed E-state index contributed by atoms with van der Waals surface area (Å²) in [4.78, 5) is 8.27. The molecule has 0 aliphatic heterocycles. The predicted octanol–water partition coefficient (Wildman–Crippen LogP) is 0.788. The van der Waals surface area contributed by atoms with Crippen LogP contribution in [-0.2, 0) is 0 Å². The van der Waals surface area contributed by atoms with Crippen molar-refractivity contribution in [2.45, 2.75) is 38.2 Å². The monoisotopic (exact) mass is 237 g/mol. The first-order valence-corrected chi connectivity index (χ1v) is 5.90. The molecule has 1 aliphatic carbocycles. The second-order valence-corrected chi connectivity index (χ2v) is 4.65. The fraction of sp³-hybridized carbons (Fsp3) is 0.636. The highest BCUT2D eigenvalue weighted by Gasteiger charge is 2.30. The molecule has 0 atom stereocenters. The molecule has 1 saturated carbocycles. The van der Waals surface area contributed by atoms with Gasteiger partial charge in [-0.15, -0.1) is 0 Å². The van der Waals surface area contributed by atoms with E-state index >= 15 is 0 Å². The maximum atomic E-state index is 10.2. The van der Waals surface area contributed by atoms with E-state index in [1.165, 1.54) is 0 Å². The Bertz CT molecular complexity index is 389. The van der Waals surface area contributed by atoms with Gasteiger partial charge in [0.2, 0.25) is 5.95 Å². The average Bonchev–Trinajstić information content (AvgIpc) is 2.73. The molecule has 6 nitrogen and oxygen atoms in total. The number of hydrogen-bond donors (Lipinski definition) is 4. The Labute approximate surface area is 101 Å². The summed E-state index contributed by atoms with van der Waals surface area (Å²) in [6.07, 6.45) is 3.89. The van der Waals surface area contributed by atoms with Crippen LogP contribution in [0.1, 0.15) is 31.4 Å². The van der Waals surface area contributed by atoms with Crippen molar-refractivity contribution in [3.8, 4) is 0 Å². The molecule has 1 aliphatic rings. The average molecular weight is 237 g/mol. The lowest BCUT2D eigenvalue weighted by molar-refractivity contribution is 0.0614. The molecule has 94 valence electrons. The van der Waals surface area contributed by atoms with Gasteiger partial charge in [-0.25, -0.2) is 10.8 Å². The van der Waals surface area contributed by atoms with E-state index in [1.54, 1.807) is 0 Å². The minimum absolute atomic E-state index is 0.380. The molecule has 2 rings (SSSR count). The van der Waals surface area contributed by atoms with Crippen LogP contribution in [0.2, 0.25) is 0 Å². The quantitative estimate of drug-likeness (QED) is 0.456. The molecule has 0 amide bonds. The van der Waals surface area contributed by atoms with Gasteiger partial charge < -0.3 is 10.4 Å². The molecule has 5 N–H and O–H groups in total. The number of nitrogen functional groups attached to an aromatic ring is 1. The van der Waals surface area contributed by atoms with Gasteiger partial charge in [0.05, 0.1) is 5.60 Å². The number of aromatic nitrogens is 2. The van der Waals surface area contributed by atoms with Crippen molar-refractivity contribution in [1.29, 1.82) is 0 Å². The molecule has 0 spiro atoms. The van der Waals surface area contributed by atoms with Gasteiger partial charge in [0.25, 0.3) is 0 Å². The van der Waals surface area contributed by atoms with E-state index in [9.17, 15) is 5.11 Å². The largest absolute Gasteiger partial charge is 0.388 e. The maximum Gasteiger partial charge on any atom is 0.239 e. The lowest BCUT2D eigenvalue weighted by Crippen LogP contribution is -2.33. The summed E-state index contributed by atoms with van der Waals surface area (Å²) in [5.41, 5.74) is 2.66. The zero-order valence-corrected chi connectivity index (χ0v) is 10.0. The maximum absolute atomic E-state index is 10.2. The Hall–Kier alpha value is -1.40. The van der Waals surface area contributed by atoms with E-state index in [0.29, 0.717) is 18.3 Å². The SMILES string of the molecule is Cc1cc(NCC2(O)CCCC2)nc(NN)n1. The summed E-state index contributed by atoms with van der Waals surface area (Å²) in [5, 5.41) is 13.3. The van der Waals surface area contributed by atoms with E-state index in [2.05, 4.69) is 20.7 Å². The molecule has 0 saturated heterocycles. The highest BCUT2D eigenvalue weighted by atomic mass is 16.3. The van der Waals surface area contributed by atoms with Crippen molar-refractivity contribution in [1.82, 2.24) is 9.97 Å². The van der Waals surface area contributed by atoms with Gasteiger partial charge in [-0.3, -0.25) is 5.43 Å². The molecule has 0 aromatic carbocycles. The number of hydrazine groups is 1. The van der Waals surface area contributed by atoms with Crippen LogP contribution < -0.4 is 16.6 Å². The Morgan fingerprint density at radius 2 is 2.12 bits per heavy atom. The molecule has 1 aromatic heterocycles. The predicted molar refractivity (Wildman–Crippen MR) is 66.5 cm³/mol. The number of nitrogens with two attached hydrogens (primary N) is 1. The van der Waals surface area contributed by atoms with E-state index in [1.807, 2.05) is 13.0 Å². The summed E-state index contributed by atoms with van der Waals surface area (Å²) in [6.45, 7) is 2.39. The third-order valence-electron chi connectivity index (χ3n) is 3.12. The van der Waals surface area contributed by atoms with E-state index in [4.69, 9.17) is 5.84 Å². The zero-order valence-electron chi connectivity index (χ0n) is 10.0. The molecule has 17 heavy (non-hydrogen) atoms. The third-order valence-corrected chi connectivity index (χ3v) is 3.12. The van der Waals surface area contributed by atoms with Crippen LogP contribution >= 0.6 is 0 Å². The van der Waals surface area contributed by atoms with Gasteiger partial charge in [0.1, 0.15) is 5.82 Å². The Morgan fingerprint density at radius 3 is 2.76 bits per heavy atom. The molecule has 0 unspecified atom stereocenters. The van der Waals surface area contributed by atoms with E-state index in [-0.39, 0.29) is 0 Å². The van der Waals surface area contributed by atoms with Crippen LogP contribution in [0.4, 0.5) is 11.8 Å². The van der Waals surface area contributed by atoms with Gasteiger partial charge >= 0.3 is 0 Å². The number of anilines is 2. The van der Waals surface area contributed by atoms with Gasteiger partial charge in [0, 0.05) is 18.3 Å². The lowest BCUT2D eigenvalue weighted by atomic mass is 10.0. The summed E-state index contributed by atoms with van der Waals surface area (Å²) < 4.78 is 0. The Balaban J connectivity index is 2.00. The fourth-order valence-corrected chi connectivity index (χ4v) is 2.19. The number of hydrogen-bond acceptors (Lipinski definition) is 6.